The Labute approximate surface area is 153 Å². The second-order valence-electron chi connectivity index (χ2n) is 5.39. The van der Waals surface area contributed by atoms with Crippen LogP contribution in [0.25, 0.3) is 0 Å². The van der Waals surface area contributed by atoms with Gasteiger partial charge < -0.3 is 15.4 Å². The first-order valence-corrected chi connectivity index (χ1v) is 9.68. The third-order valence-electron chi connectivity index (χ3n) is 3.48. The largest absolute Gasteiger partial charge is 0.494 e. The third-order valence-corrected chi connectivity index (χ3v) is 4.63. The SMILES string of the molecule is CCOc1ccc(NC(=S)N[C@H](C)c2ccc(S(N)(=O)=O)cc2)cc1. The van der Waals surface area contributed by atoms with Crippen molar-refractivity contribution in [2.24, 2.45) is 5.14 Å². The van der Waals surface area contributed by atoms with Crippen molar-refractivity contribution in [3.05, 3.63) is 54.1 Å². The van der Waals surface area contributed by atoms with Crippen molar-refractivity contribution < 1.29 is 13.2 Å². The van der Waals surface area contributed by atoms with Gasteiger partial charge in [0, 0.05) is 5.69 Å². The molecule has 0 aromatic heterocycles. The summed E-state index contributed by atoms with van der Waals surface area (Å²) in [6.07, 6.45) is 0. The number of rotatable bonds is 6. The Morgan fingerprint density at radius 3 is 2.28 bits per heavy atom. The van der Waals surface area contributed by atoms with E-state index in [0.717, 1.165) is 17.0 Å². The molecule has 0 bridgehead atoms. The van der Waals surface area contributed by atoms with E-state index >= 15 is 0 Å². The maximum absolute atomic E-state index is 11.3. The predicted octanol–water partition coefficient (Wildman–Crippen LogP) is 2.78. The van der Waals surface area contributed by atoms with Gasteiger partial charge >= 0.3 is 0 Å². The first-order valence-electron chi connectivity index (χ1n) is 7.72. The molecule has 0 aliphatic rings. The zero-order chi connectivity index (χ0) is 18.4. The number of nitrogens with two attached hydrogens (primary N) is 1. The molecule has 0 saturated carbocycles. The van der Waals surface area contributed by atoms with Crippen LogP contribution >= 0.6 is 12.2 Å². The smallest absolute Gasteiger partial charge is 0.238 e. The summed E-state index contributed by atoms with van der Waals surface area (Å²) in [5.74, 6) is 0.801. The monoisotopic (exact) mass is 379 g/mol. The van der Waals surface area contributed by atoms with Gasteiger partial charge in [-0.05, 0) is 68.0 Å². The van der Waals surface area contributed by atoms with Gasteiger partial charge in [0.25, 0.3) is 0 Å². The van der Waals surface area contributed by atoms with Gasteiger partial charge in [0.05, 0.1) is 17.5 Å². The number of sulfonamides is 1. The van der Waals surface area contributed by atoms with Gasteiger partial charge in [-0.25, -0.2) is 13.6 Å². The lowest BCUT2D eigenvalue weighted by atomic mass is 10.1. The molecule has 0 unspecified atom stereocenters. The summed E-state index contributed by atoms with van der Waals surface area (Å²) < 4.78 is 28.0. The number of benzene rings is 2. The Hall–Kier alpha value is -2.16. The zero-order valence-corrected chi connectivity index (χ0v) is 15.7. The first kappa shape index (κ1) is 19.2. The van der Waals surface area contributed by atoms with Crippen LogP contribution in [-0.2, 0) is 10.0 Å². The van der Waals surface area contributed by atoms with E-state index in [2.05, 4.69) is 10.6 Å². The topological polar surface area (TPSA) is 93.4 Å². The number of primary sulfonamides is 1. The lowest BCUT2D eigenvalue weighted by molar-refractivity contribution is 0.340. The number of ether oxygens (including phenoxy) is 1. The molecular weight excluding hydrogens is 358 g/mol. The third kappa shape index (κ3) is 5.70. The Balaban J connectivity index is 1.95. The maximum Gasteiger partial charge on any atom is 0.238 e. The molecule has 0 aliphatic carbocycles. The molecule has 0 aliphatic heterocycles. The molecule has 8 heteroatoms. The van der Waals surface area contributed by atoms with Crippen LogP contribution in [0.4, 0.5) is 5.69 Å². The molecular formula is C17H21N3O3S2. The molecule has 1 atom stereocenters. The Bertz CT molecular complexity index is 819. The highest BCUT2D eigenvalue weighted by atomic mass is 32.2. The molecule has 6 nitrogen and oxygen atoms in total. The van der Waals surface area contributed by atoms with Crippen molar-refractivity contribution in [1.82, 2.24) is 5.32 Å². The van der Waals surface area contributed by atoms with Crippen molar-refractivity contribution >= 4 is 33.0 Å². The van der Waals surface area contributed by atoms with Crippen LogP contribution in [0.15, 0.2) is 53.4 Å². The molecule has 2 aromatic carbocycles. The standard InChI is InChI=1S/C17H21N3O3S2/c1-3-23-15-8-6-14(7-9-15)20-17(24)19-12(2)13-4-10-16(11-5-13)25(18,21)22/h4-12H,3H2,1-2H3,(H2,18,21,22)(H2,19,20,24)/t12-/m1/s1. The molecule has 25 heavy (non-hydrogen) atoms. The molecule has 134 valence electrons. The molecule has 2 rings (SSSR count). The van der Waals surface area contributed by atoms with Crippen LogP contribution in [0, 0.1) is 0 Å². The molecule has 4 N–H and O–H groups in total. The summed E-state index contributed by atoms with van der Waals surface area (Å²) in [5.41, 5.74) is 1.74. The molecule has 2 aromatic rings. The maximum atomic E-state index is 11.3. The highest BCUT2D eigenvalue weighted by Gasteiger charge is 2.11. The predicted molar refractivity (Wildman–Crippen MR) is 103 cm³/mol. The van der Waals surface area contributed by atoms with Crippen molar-refractivity contribution in [3.8, 4) is 5.75 Å². The minimum Gasteiger partial charge on any atom is -0.494 e. The first-order chi connectivity index (χ1) is 11.8. The Morgan fingerprint density at radius 1 is 1.16 bits per heavy atom. The zero-order valence-electron chi connectivity index (χ0n) is 14.0. The number of nitrogens with one attached hydrogen (secondary N) is 2. The minimum absolute atomic E-state index is 0.0820. The number of hydrogen-bond donors (Lipinski definition) is 3. The molecule has 0 amide bonds. The summed E-state index contributed by atoms with van der Waals surface area (Å²) in [5, 5.41) is 11.8. The van der Waals surface area contributed by atoms with Gasteiger partial charge in [0.2, 0.25) is 10.0 Å². The van der Waals surface area contributed by atoms with Crippen LogP contribution in [0.1, 0.15) is 25.5 Å². The summed E-state index contributed by atoms with van der Waals surface area (Å²) >= 11 is 5.31. The van der Waals surface area contributed by atoms with E-state index < -0.39 is 10.0 Å². The van der Waals surface area contributed by atoms with Crippen LogP contribution < -0.4 is 20.5 Å². The average molecular weight is 380 g/mol. The molecule has 0 fully saturated rings. The van der Waals surface area contributed by atoms with Gasteiger partial charge in [-0.3, -0.25) is 0 Å². The van der Waals surface area contributed by atoms with Crippen molar-refractivity contribution in [1.29, 1.82) is 0 Å². The highest BCUT2D eigenvalue weighted by molar-refractivity contribution is 7.89. The second-order valence-corrected chi connectivity index (χ2v) is 7.36. The lowest BCUT2D eigenvalue weighted by Crippen LogP contribution is -2.30. The summed E-state index contributed by atoms with van der Waals surface area (Å²) in [4.78, 5) is 0.0820. The fourth-order valence-electron chi connectivity index (χ4n) is 2.19. The summed E-state index contributed by atoms with van der Waals surface area (Å²) in [7, 11) is -3.69. The van der Waals surface area contributed by atoms with Gasteiger partial charge in [-0.1, -0.05) is 12.1 Å². The number of hydrogen-bond acceptors (Lipinski definition) is 4. The van der Waals surface area contributed by atoms with E-state index in [-0.39, 0.29) is 10.9 Å². The van der Waals surface area contributed by atoms with Crippen molar-refractivity contribution in [2.75, 3.05) is 11.9 Å². The van der Waals surface area contributed by atoms with Gasteiger partial charge in [-0.2, -0.15) is 0 Å². The number of anilines is 1. The van der Waals surface area contributed by atoms with E-state index in [9.17, 15) is 8.42 Å². The van der Waals surface area contributed by atoms with Crippen LogP contribution in [0.2, 0.25) is 0 Å². The van der Waals surface area contributed by atoms with E-state index in [1.54, 1.807) is 12.1 Å². The van der Waals surface area contributed by atoms with Gasteiger partial charge in [-0.15, -0.1) is 0 Å². The number of thiocarbonyl (C=S) groups is 1. The lowest BCUT2D eigenvalue weighted by Gasteiger charge is -2.18. The Kier molecular flexibility index (Phi) is 6.35. The molecule has 0 radical (unpaired) electrons. The average Bonchev–Trinajstić information content (AvgIpc) is 2.56. The fourth-order valence-corrected chi connectivity index (χ4v) is 3.00. The van der Waals surface area contributed by atoms with E-state index in [4.69, 9.17) is 22.1 Å². The van der Waals surface area contributed by atoms with E-state index in [1.165, 1.54) is 12.1 Å². The summed E-state index contributed by atoms with van der Waals surface area (Å²) in [6, 6.07) is 13.8. The van der Waals surface area contributed by atoms with E-state index in [0.29, 0.717) is 11.7 Å². The molecule has 0 saturated heterocycles. The van der Waals surface area contributed by atoms with Gasteiger partial charge in [0.15, 0.2) is 5.11 Å². The fraction of sp³-hybridized carbons (Fsp3) is 0.235. The van der Waals surface area contributed by atoms with E-state index in [1.807, 2.05) is 38.1 Å². The van der Waals surface area contributed by atoms with Crippen LogP contribution in [0.5, 0.6) is 5.75 Å². The van der Waals surface area contributed by atoms with Gasteiger partial charge in [0.1, 0.15) is 5.75 Å². The van der Waals surface area contributed by atoms with Crippen LogP contribution in [0.3, 0.4) is 0 Å². The molecule has 0 spiro atoms. The second kappa shape index (κ2) is 8.28. The minimum atomic E-state index is -3.69. The highest BCUT2D eigenvalue weighted by Crippen LogP contribution is 2.17. The Morgan fingerprint density at radius 2 is 1.76 bits per heavy atom. The van der Waals surface area contributed by atoms with Crippen molar-refractivity contribution in [2.45, 2.75) is 24.8 Å². The summed E-state index contributed by atoms with van der Waals surface area (Å²) in [6.45, 7) is 4.48. The normalized spacial score (nSPS) is 12.3. The molecule has 0 heterocycles. The quantitative estimate of drug-likeness (QED) is 0.668. The van der Waals surface area contributed by atoms with Crippen molar-refractivity contribution in [3.63, 3.8) is 0 Å². The van der Waals surface area contributed by atoms with Crippen LogP contribution in [-0.4, -0.2) is 20.1 Å².